The summed E-state index contributed by atoms with van der Waals surface area (Å²) in [7, 11) is 0. The molecular formula is C14H18N4S. The van der Waals surface area contributed by atoms with Crippen LogP contribution in [-0.4, -0.2) is 20.2 Å². The summed E-state index contributed by atoms with van der Waals surface area (Å²) in [6.45, 7) is 4.21. The lowest BCUT2D eigenvalue weighted by Crippen LogP contribution is -2.09. The van der Waals surface area contributed by atoms with Gasteiger partial charge in [-0.25, -0.2) is 4.68 Å². The molecule has 1 aromatic carbocycles. The van der Waals surface area contributed by atoms with E-state index in [0.717, 1.165) is 5.16 Å². The van der Waals surface area contributed by atoms with Crippen molar-refractivity contribution in [1.82, 2.24) is 20.2 Å². The molecule has 2 aromatic rings. The van der Waals surface area contributed by atoms with Gasteiger partial charge in [-0.15, -0.1) is 5.10 Å². The quantitative estimate of drug-likeness (QED) is 0.860. The molecule has 3 rings (SSSR count). The van der Waals surface area contributed by atoms with E-state index in [1.165, 1.54) is 30.4 Å². The molecule has 1 heterocycles. The summed E-state index contributed by atoms with van der Waals surface area (Å²) < 4.78 is 1.90. The number of tetrazole rings is 1. The fourth-order valence-corrected chi connectivity index (χ4v) is 3.88. The molecule has 4 nitrogen and oxygen atoms in total. The van der Waals surface area contributed by atoms with Crippen LogP contribution in [0.5, 0.6) is 0 Å². The zero-order valence-corrected chi connectivity index (χ0v) is 12.1. The van der Waals surface area contributed by atoms with Gasteiger partial charge in [-0.3, -0.25) is 0 Å². The largest absolute Gasteiger partial charge is 0.218 e. The van der Waals surface area contributed by atoms with Crippen LogP contribution in [0.15, 0.2) is 29.4 Å². The van der Waals surface area contributed by atoms with Gasteiger partial charge in [0.25, 0.3) is 0 Å². The number of hydrogen-bond acceptors (Lipinski definition) is 4. The van der Waals surface area contributed by atoms with Crippen molar-refractivity contribution in [2.24, 2.45) is 0 Å². The number of thioether (sulfide) groups is 1. The molecule has 1 aromatic heterocycles. The average molecular weight is 274 g/mol. The Balaban J connectivity index is 1.87. The van der Waals surface area contributed by atoms with E-state index in [1.54, 1.807) is 11.8 Å². The Morgan fingerprint density at radius 2 is 2.16 bits per heavy atom. The van der Waals surface area contributed by atoms with Gasteiger partial charge in [0.05, 0.1) is 6.04 Å². The highest BCUT2D eigenvalue weighted by atomic mass is 32.2. The number of benzene rings is 1. The molecule has 100 valence electrons. The highest BCUT2D eigenvalue weighted by molar-refractivity contribution is 7.99. The van der Waals surface area contributed by atoms with Crippen molar-refractivity contribution >= 4 is 11.8 Å². The van der Waals surface area contributed by atoms with E-state index >= 15 is 0 Å². The van der Waals surface area contributed by atoms with Crippen molar-refractivity contribution in [2.45, 2.75) is 49.6 Å². The first-order valence-electron chi connectivity index (χ1n) is 6.78. The number of aromatic nitrogens is 4. The summed E-state index contributed by atoms with van der Waals surface area (Å²) in [5, 5.41) is 13.5. The summed E-state index contributed by atoms with van der Waals surface area (Å²) in [6, 6.07) is 9.05. The lowest BCUT2D eigenvalue weighted by atomic mass is 9.91. The van der Waals surface area contributed by atoms with E-state index in [9.17, 15) is 0 Å². The van der Waals surface area contributed by atoms with Crippen molar-refractivity contribution < 1.29 is 0 Å². The van der Waals surface area contributed by atoms with E-state index in [2.05, 4.69) is 53.6 Å². The number of aryl methyl sites for hydroxylation is 1. The van der Waals surface area contributed by atoms with Gasteiger partial charge in [-0.1, -0.05) is 36.0 Å². The van der Waals surface area contributed by atoms with Crippen molar-refractivity contribution in [1.29, 1.82) is 0 Å². The van der Waals surface area contributed by atoms with Gasteiger partial charge in [0.15, 0.2) is 0 Å². The van der Waals surface area contributed by atoms with Crippen LogP contribution in [-0.2, 0) is 6.42 Å². The van der Waals surface area contributed by atoms with Gasteiger partial charge >= 0.3 is 0 Å². The van der Waals surface area contributed by atoms with E-state index < -0.39 is 0 Å². The SMILES string of the molecule is CC(C)n1nnnc1SC1CCCc2ccccc21. The van der Waals surface area contributed by atoms with E-state index in [0.29, 0.717) is 11.3 Å². The first kappa shape index (κ1) is 12.7. The maximum atomic E-state index is 4.17. The van der Waals surface area contributed by atoms with Gasteiger partial charge < -0.3 is 0 Å². The van der Waals surface area contributed by atoms with E-state index in [-0.39, 0.29) is 0 Å². The Labute approximate surface area is 117 Å². The van der Waals surface area contributed by atoms with Crippen LogP contribution in [0.3, 0.4) is 0 Å². The summed E-state index contributed by atoms with van der Waals surface area (Å²) in [4.78, 5) is 0. The third kappa shape index (κ3) is 2.52. The van der Waals surface area contributed by atoms with Gasteiger partial charge in [-0.05, 0) is 54.7 Å². The monoisotopic (exact) mass is 274 g/mol. The second kappa shape index (κ2) is 5.33. The molecule has 1 unspecified atom stereocenters. The molecular weight excluding hydrogens is 256 g/mol. The van der Waals surface area contributed by atoms with Crippen LogP contribution in [0.1, 0.15) is 49.1 Å². The minimum atomic E-state index is 0.302. The number of hydrogen-bond donors (Lipinski definition) is 0. The van der Waals surface area contributed by atoms with Crippen LogP contribution in [0, 0.1) is 0 Å². The van der Waals surface area contributed by atoms with Crippen LogP contribution >= 0.6 is 11.8 Å². The molecule has 1 aliphatic carbocycles. The fraction of sp³-hybridized carbons (Fsp3) is 0.500. The highest BCUT2D eigenvalue weighted by Gasteiger charge is 2.23. The molecule has 0 aliphatic heterocycles. The molecule has 0 radical (unpaired) electrons. The lowest BCUT2D eigenvalue weighted by molar-refractivity contribution is 0.476. The molecule has 0 saturated heterocycles. The first-order valence-corrected chi connectivity index (χ1v) is 7.66. The normalized spacial score (nSPS) is 18.6. The zero-order chi connectivity index (χ0) is 13.2. The third-order valence-electron chi connectivity index (χ3n) is 3.51. The van der Waals surface area contributed by atoms with Gasteiger partial charge in [0.1, 0.15) is 0 Å². The van der Waals surface area contributed by atoms with E-state index in [4.69, 9.17) is 0 Å². The highest BCUT2D eigenvalue weighted by Crippen LogP contribution is 2.42. The molecule has 1 aliphatic rings. The minimum Gasteiger partial charge on any atom is -0.218 e. The van der Waals surface area contributed by atoms with Gasteiger partial charge in [-0.2, -0.15) is 0 Å². The topological polar surface area (TPSA) is 43.6 Å². The molecule has 5 heteroatoms. The van der Waals surface area contributed by atoms with Crippen molar-refractivity contribution in [3.8, 4) is 0 Å². The standard InChI is InChI=1S/C14H18N4S/c1-10(2)18-14(15-16-17-18)19-13-9-5-7-11-6-3-4-8-12(11)13/h3-4,6,8,10,13H,5,7,9H2,1-2H3. The Morgan fingerprint density at radius 1 is 1.32 bits per heavy atom. The maximum absolute atomic E-state index is 4.17. The van der Waals surface area contributed by atoms with Gasteiger partial charge in [0, 0.05) is 5.25 Å². The van der Waals surface area contributed by atoms with E-state index in [1.807, 2.05) is 4.68 Å². The lowest BCUT2D eigenvalue weighted by Gasteiger charge is -2.24. The third-order valence-corrected chi connectivity index (χ3v) is 4.77. The van der Waals surface area contributed by atoms with Crippen molar-refractivity contribution in [3.05, 3.63) is 35.4 Å². The predicted molar refractivity (Wildman–Crippen MR) is 76.2 cm³/mol. The molecule has 19 heavy (non-hydrogen) atoms. The summed E-state index contributed by atoms with van der Waals surface area (Å²) in [5.74, 6) is 0. The zero-order valence-electron chi connectivity index (χ0n) is 11.3. The number of fused-ring (bicyclic) bond motifs is 1. The molecule has 0 amide bonds. The molecule has 1 atom stereocenters. The second-order valence-electron chi connectivity index (χ2n) is 5.20. The van der Waals surface area contributed by atoms with Crippen LogP contribution in [0.4, 0.5) is 0 Å². The minimum absolute atomic E-state index is 0.302. The van der Waals surface area contributed by atoms with Crippen molar-refractivity contribution in [3.63, 3.8) is 0 Å². The predicted octanol–water partition coefficient (Wildman–Crippen LogP) is 3.42. The van der Waals surface area contributed by atoms with Crippen LogP contribution in [0.25, 0.3) is 0 Å². The Hall–Kier alpha value is -1.36. The fourth-order valence-electron chi connectivity index (χ4n) is 2.55. The number of nitrogens with zero attached hydrogens (tertiary/aromatic N) is 4. The van der Waals surface area contributed by atoms with Crippen molar-refractivity contribution in [2.75, 3.05) is 0 Å². The molecule has 0 N–H and O–H groups in total. The summed E-state index contributed by atoms with van der Waals surface area (Å²) in [6.07, 6.45) is 3.65. The smallest absolute Gasteiger partial charge is 0.210 e. The molecule has 0 bridgehead atoms. The van der Waals surface area contributed by atoms with Gasteiger partial charge in [0.2, 0.25) is 5.16 Å². The number of rotatable bonds is 3. The summed E-state index contributed by atoms with van der Waals surface area (Å²) >= 11 is 1.80. The first-order chi connectivity index (χ1) is 9.25. The average Bonchev–Trinajstić information content (AvgIpc) is 2.87. The second-order valence-corrected chi connectivity index (χ2v) is 6.37. The van der Waals surface area contributed by atoms with Crippen LogP contribution in [0.2, 0.25) is 0 Å². The maximum Gasteiger partial charge on any atom is 0.210 e. The Bertz CT molecular complexity index is 564. The van der Waals surface area contributed by atoms with Crippen LogP contribution < -0.4 is 0 Å². The molecule has 0 saturated carbocycles. The molecule has 0 fully saturated rings. The Kier molecular flexibility index (Phi) is 3.55. The summed E-state index contributed by atoms with van der Waals surface area (Å²) in [5.41, 5.74) is 2.94. The Morgan fingerprint density at radius 3 is 3.00 bits per heavy atom. The molecule has 0 spiro atoms.